The van der Waals surface area contributed by atoms with Crippen molar-refractivity contribution < 1.29 is 9.59 Å². The minimum Gasteiger partial charge on any atom is -0.389 e. The summed E-state index contributed by atoms with van der Waals surface area (Å²) in [5, 5.41) is 3.55. The van der Waals surface area contributed by atoms with Gasteiger partial charge in [-0.25, -0.2) is 9.59 Å². The van der Waals surface area contributed by atoms with Gasteiger partial charge in [0.25, 0.3) is 11.5 Å². The fourth-order valence-corrected chi connectivity index (χ4v) is 6.64. The first-order valence-corrected chi connectivity index (χ1v) is 12.0. The highest BCUT2D eigenvalue weighted by atomic mass is 32.1. The van der Waals surface area contributed by atoms with Crippen LogP contribution < -0.4 is 22.3 Å². The Morgan fingerprint density at radius 2 is 1.88 bits per heavy atom. The number of nitrogens with zero attached hydrogens (tertiary/aromatic N) is 4. The molecular formula is C21H28N6O4S. The van der Waals surface area contributed by atoms with Gasteiger partial charge in [-0.05, 0) is 61.9 Å². The summed E-state index contributed by atoms with van der Waals surface area (Å²) < 4.78 is 7.27. The number of nitrogens with two attached hydrogens (primary N) is 1. The van der Waals surface area contributed by atoms with Gasteiger partial charge in [-0.2, -0.15) is 4.37 Å². The number of hydrogen-bond donors (Lipinski definition) is 2. The van der Waals surface area contributed by atoms with Crippen LogP contribution in [0.1, 0.15) is 64.3 Å². The molecule has 2 saturated carbocycles. The summed E-state index contributed by atoms with van der Waals surface area (Å²) in [4.78, 5) is 52.2. The van der Waals surface area contributed by atoms with Crippen molar-refractivity contribution in [1.29, 1.82) is 0 Å². The molecule has 5 rings (SSSR count). The van der Waals surface area contributed by atoms with E-state index in [4.69, 9.17) is 5.73 Å². The lowest BCUT2D eigenvalue weighted by Gasteiger charge is -2.55. The summed E-state index contributed by atoms with van der Waals surface area (Å²) in [6, 6.07) is -0.543. The molecule has 10 nitrogen and oxygen atoms in total. The minimum atomic E-state index is -0.766. The lowest BCUT2D eigenvalue weighted by molar-refractivity contribution is -0.141. The molecule has 3 amide bonds. The first kappa shape index (κ1) is 21.2. The van der Waals surface area contributed by atoms with Crippen molar-refractivity contribution in [1.82, 2.24) is 23.7 Å². The Kier molecular flexibility index (Phi) is 4.74. The summed E-state index contributed by atoms with van der Waals surface area (Å²) in [5.74, 6) is -0.156. The Morgan fingerprint density at radius 3 is 2.47 bits per heavy atom. The van der Waals surface area contributed by atoms with Crippen molar-refractivity contribution in [3.05, 3.63) is 20.8 Å². The van der Waals surface area contributed by atoms with Crippen LogP contribution in [0.3, 0.4) is 0 Å². The van der Waals surface area contributed by atoms with Crippen LogP contribution in [0.5, 0.6) is 0 Å². The van der Waals surface area contributed by atoms with Gasteiger partial charge < -0.3 is 11.1 Å². The van der Waals surface area contributed by atoms with E-state index in [0.29, 0.717) is 48.3 Å². The number of likely N-dealkylation sites (N-methyl/N-ethyl adjacent to an activating group) is 1. The van der Waals surface area contributed by atoms with Crippen LogP contribution in [-0.4, -0.2) is 42.9 Å². The molecule has 2 aromatic rings. The van der Waals surface area contributed by atoms with Gasteiger partial charge in [0, 0.05) is 19.6 Å². The summed E-state index contributed by atoms with van der Waals surface area (Å²) in [7, 11) is 1.51. The molecule has 1 saturated heterocycles. The van der Waals surface area contributed by atoms with E-state index in [1.807, 2.05) is 0 Å². The number of aryl methyl sites for hydroxylation is 1. The Bertz CT molecular complexity index is 1230. The van der Waals surface area contributed by atoms with Crippen molar-refractivity contribution in [2.75, 3.05) is 12.8 Å². The Hall–Kier alpha value is -2.69. The highest BCUT2D eigenvalue weighted by Crippen LogP contribution is 2.59. The lowest BCUT2D eigenvalue weighted by Crippen LogP contribution is -2.63. The minimum absolute atomic E-state index is 0.0253. The zero-order chi connectivity index (χ0) is 22.8. The summed E-state index contributed by atoms with van der Waals surface area (Å²) in [5.41, 5.74) is 4.99. The van der Waals surface area contributed by atoms with E-state index in [0.717, 1.165) is 42.1 Å². The third kappa shape index (κ3) is 2.86. The van der Waals surface area contributed by atoms with Gasteiger partial charge >= 0.3 is 11.7 Å². The molecule has 2 aromatic heterocycles. The SMILES string of the molecule is CCCCn1c(=O)n(C2CCC3(CC2)CC2(C3)NC(=O)N(C)C2=O)c(=O)c2c(N)snc21. The van der Waals surface area contributed by atoms with Crippen molar-refractivity contribution in [2.24, 2.45) is 5.41 Å². The normalized spacial score (nSPS) is 29.8. The maximum Gasteiger partial charge on any atom is 0.332 e. The fraction of sp³-hybridized carbons (Fsp3) is 0.667. The molecule has 3 heterocycles. The molecule has 32 heavy (non-hydrogen) atoms. The van der Waals surface area contributed by atoms with E-state index in [1.54, 1.807) is 4.57 Å². The van der Waals surface area contributed by atoms with Gasteiger partial charge in [-0.1, -0.05) is 13.3 Å². The van der Waals surface area contributed by atoms with Gasteiger partial charge in [0.1, 0.15) is 15.9 Å². The van der Waals surface area contributed by atoms with E-state index < -0.39 is 5.54 Å². The summed E-state index contributed by atoms with van der Waals surface area (Å²) in [6.07, 6.45) is 5.96. The monoisotopic (exact) mass is 460 g/mol. The number of hydrogen-bond acceptors (Lipinski definition) is 7. The number of nitrogens with one attached hydrogen (secondary N) is 1. The van der Waals surface area contributed by atoms with Crippen molar-refractivity contribution in [2.45, 2.75) is 76.4 Å². The van der Waals surface area contributed by atoms with Gasteiger partial charge in [0.05, 0.1) is 0 Å². The zero-order valence-electron chi connectivity index (χ0n) is 18.3. The standard InChI is InChI=1S/C21H28N6O4S/c1-3-4-9-26-15-13(14(22)32-24-15)16(28)27(19(26)31)12-5-7-20(8-6-12)10-21(11-20)17(29)25(2)18(30)23-21/h12H,3-11,22H2,1-2H3,(H,23,30). The third-order valence-electron chi connectivity index (χ3n) is 7.66. The molecule has 0 bridgehead atoms. The van der Waals surface area contributed by atoms with Crippen molar-refractivity contribution in [3.8, 4) is 0 Å². The summed E-state index contributed by atoms with van der Waals surface area (Å²) >= 11 is 1.05. The number of rotatable bonds is 4. The van der Waals surface area contributed by atoms with Crippen LogP contribution in [0.2, 0.25) is 0 Å². The summed E-state index contributed by atoms with van der Waals surface area (Å²) in [6.45, 7) is 2.55. The number of carbonyl (C=O) groups is 2. The second-order valence-corrected chi connectivity index (χ2v) is 10.5. The Balaban J connectivity index is 1.41. The molecule has 3 N–H and O–H groups in total. The van der Waals surface area contributed by atoms with Gasteiger partial charge in [-0.3, -0.25) is 23.6 Å². The molecule has 0 atom stereocenters. The van der Waals surface area contributed by atoms with E-state index in [9.17, 15) is 19.2 Å². The van der Waals surface area contributed by atoms with E-state index in [-0.39, 0.29) is 34.6 Å². The Morgan fingerprint density at radius 1 is 1.19 bits per heavy atom. The number of anilines is 1. The van der Waals surface area contributed by atoms with Crippen LogP contribution in [0.15, 0.2) is 9.59 Å². The molecule has 0 radical (unpaired) electrons. The zero-order valence-corrected chi connectivity index (χ0v) is 19.2. The molecule has 11 heteroatoms. The van der Waals surface area contributed by atoms with Gasteiger partial charge in [0.2, 0.25) is 0 Å². The number of amides is 3. The molecular weight excluding hydrogens is 432 g/mol. The number of imide groups is 1. The van der Waals surface area contributed by atoms with E-state index in [2.05, 4.69) is 16.6 Å². The van der Waals surface area contributed by atoms with Gasteiger partial charge in [-0.15, -0.1) is 0 Å². The van der Waals surface area contributed by atoms with Crippen molar-refractivity contribution in [3.63, 3.8) is 0 Å². The molecule has 172 valence electrons. The average molecular weight is 461 g/mol. The quantitative estimate of drug-likeness (QED) is 0.669. The van der Waals surface area contributed by atoms with Crippen LogP contribution in [0.25, 0.3) is 11.0 Å². The second kappa shape index (κ2) is 7.16. The number of carbonyl (C=O) groups excluding carboxylic acids is 2. The first-order valence-electron chi connectivity index (χ1n) is 11.2. The molecule has 0 unspecified atom stereocenters. The largest absolute Gasteiger partial charge is 0.389 e. The predicted octanol–water partition coefficient (Wildman–Crippen LogP) is 1.82. The topological polar surface area (TPSA) is 132 Å². The van der Waals surface area contributed by atoms with Gasteiger partial charge in [0.15, 0.2) is 5.65 Å². The highest BCUT2D eigenvalue weighted by Gasteiger charge is 2.64. The molecule has 2 aliphatic carbocycles. The lowest BCUT2D eigenvalue weighted by atomic mass is 9.51. The maximum atomic E-state index is 13.3. The Labute approximate surface area is 188 Å². The fourth-order valence-electron chi connectivity index (χ4n) is 6.00. The van der Waals surface area contributed by atoms with Crippen LogP contribution >= 0.6 is 11.5 Å². The van der Waals surface area contributed by atoms with E-state index >= 15 is 0 Å². The third-order valence-corrected chi connectivity index (χ3v) is 8.33. The average Bonchev–Trinajstić information content (AvgIpc) is 3.23. The molecule has 3 fully saturated rings. The number of fused-ring (bicyclic) bond motifs is 1. The number of nitrogen functional groups attached to an aromatic ring is 1. The van der Waals surface area contributed by atoms with Crippen LogP contribution in [0, 0.1) is 5.41 Å². The maximum absolute atomic E-state index is 13.3. The number of urea groups is 1. The van der Waals surface area contributed by atoms with Crippen molar-refractivity contribution >= 4 is 39.5 Å². The molecule has 3 aliphatic rings. The highest BCUT2D eigenvalue weighted by molar-refractivity contribution is 7.11. The first-order chi connectivity index (χ1) is 15.2. The molecule has 1 aliphatic heterocycles. The number of unbranched alkanes of at least 4 members (excludes halogenated alkanes) is 1. The molecule has 0 aromatic carbocycles. The van der Waals surface area contributed by atoms with Crippen LogP contribution in [0.4, 0.5) is 9.80 Å². The molecule has 2 spiro atoms. The number of aromatic nitrogens is 3. The predicted molar refractivity (Wildman–Crippen MR) is 121 cm³/mol. The smallest absolute Gasteiger partial charge is 0.332 e. The second-order valence-electron chi connectivity index (χ2n) is 9.67. The van der Waals surface area contributed by atoms with Crippen LogP contribution in [-0.2, 0) is 11.3 Å². The van der Waals surface area contributed by atoms with E-state index in [1.165, 1.54) is 11.6 Å².